The third kappa shape index (κ3) is 4.30. The van der Waals surface area contributed by atoms with Gasteiger partial charge in [0, 0.05) is 17.2 Å². The van der Waals surface area contributed by atoms with Crippen LogP contribution in [0.25, 0.3) is 10.9 Å². The third-order valence-electron chi connectivity index (χ3n) is 4.92. The summed E-state index contributed by atoms with van der Waals surface area (Å²) in [7, 11) is 0. The standard InChI is InChI=1S/C21H19ClN2O5S/c22-13-4-5-15-16(9-13)23-21(24(20(15)28)10-14-2-1-7-29-14)30-11-19(27)12-3-6-17(25)18(26)8-12/h3-6,8-9,14,25-26H,1-2,7,10-11H2. The summed E-state index contributed by atoms with van der Waals surface area (Å²) in [6.45, 7) is 1.03. The fourth-order valence-electron chi connectivity index (χ4n) is 3.35. The van der Waals surface area contributed by atoms with Crippen LogP contribution in [0.1, 0.15) is 23.2 Å². The van der Waals surface area contributed by atoms with Crippen molar-refractivity contribution >= 4 is 40.0 Å². The molecule has 1 aliphatic rings. The molecule has 156 valence electrons. The second-order valence-electron chi connectivity index (χ2n) is 7.02. The van der Waals surface area contributed by atoms with E-state index in [1.54, 1.807) is 22.8 Å². The molecule has 0 bridgehead atoms. The molecule has 2 aromatic carbocycles. The molecule has 1 aliphatic heterocycles. The number of ether oxygens (including phenoxy) is 1. The Labute approximate surface area is 181 Å². The quantitative estimate of drug-likeness (QED) is 0.258. The van der Waals surface area contributed by atoms with Gasteiger partial charge >= 0.3 is 0 Å². The maximum Gasteiger partial charge on any atom is 0.262 e. The maximum absolute atomic E-state index is 13.1. The molecule has 1 saturated heterocycles. The van der Waals surface area contributed by atoms with E-state index < -0.39 is 0 Å². The highest BCUT2D eigenvalue weighted by atomic mass is 35.5. The van der Waals surface area contributed by atoms with Gasteiger partial charge in [0.05, 0.1) is 29.3 Å². The number of fused-ring (bicyclic) bond motifs is 1. The Bertz CT molecular complexity index is 1170. The van der Waals surface area contributed by atoms with E-state index in [4.69, 9.17) is 16.3 Å². The SMILES string of the molecule is O=C(CSc1nc2cc(Cl)ccc2c(=O)n1CC1CCCO1)c1ccc(O)c(O)c1. The molecule has 1 aromatic heterocycles. The molecule has 4 rings (SSSR count). The summed E-state index contributed by atoms with van der Waals surface area (Å²) < 4.78 is 7.24. The first-order valence-corrected chi connectivity index (χ1v) is 10.8. The van der Waals surface area contributed by atoms with Crippen LogP contribution >= 0.6 is 23.4 Å². The van der Waals surface area contributed by atoms with Crippen LogP contribution in [0.3, 0.4) is 0 Å². The monoisotopic (exact) mass is 446 g/mol. The molecule has 0 spiro atoms. The summed E-state index contributed by atoms with van der Waals surface area (Å²) in [5.41, 5.74) is 0.521. The van der Waals surface area contributed by atoms with Crippen LogP contribution in [-0.4, -0.2) is 44.0 Å². The largest absolute Gasteiger partial charge is 0.504 e. The number of hydrogen-bond donors (Lipinski definition) is 2. The smallest absolute Gasteiger partial charge is 0.262 e. The summed E-state index contributed by atoms with van der Waals surface area (Å²) >= 11 is 7.20. The third-order valence-corrected chi connectivity index (χ3v) is 6.13. The van der Waals surface area contributed by atoms with Crippen LogP contribution in [0.2, 0.25) is 5.02 Å². The van der Waals surface area contributed by atoms with E-state index in [-0.39, 0.29) is 40.3 Å². The van der Waals surface area contributed by atoms with Gasteiger partial charge in [0.1, 0.15) is 0 Å². The van der Waals surface area contributed by atoms with Crippen molar-refractivity contribution < 1.29 is 19.7 Å². The fourth-order valence-corrected chi connectivity index (χ4v) is 4.42. The van der Waals surface area contributed by atoms with Gasteiger partial charge < -0.3 is 14.9 Å². The Balaban J connectivity index is 1.65. The van der Waals surface area contributed by atoms with E-state index in [1.165, 1.54) is 18.2 Å². The number of halogens is 1. The van der Waals surface area contributed by atoms with Crippen LogP contribution in [-0.2, 0) is 11.3 Å². The number of aromatic hydroxyl groups is 2. The molecule has 0 radical (unpaired) electrons. The molecule has 0 saturated carbocycles. The Kier molecular flexibility index (Phi) is 5.99. The zero-order valence-corrected chi connectivity index (χ0v) is 17.4. The fraction of sp³-hybridized carbons (Fsp3) is 0.286. The highest BCUT2D eigenvalue weighted by Crippen LogP contribution is 2.27. The van der Waals surface area contributed by atoms with E-state index >= 15 is 0 Å². The topological polar surface area (TPSA) is 102 Å². The molecular formula is C21H19ClN2O5S. The average molecular weight is 447 g/mol. The lowest BCUT2D eigenvalue weighted by Gasteiger charge is -2.16. The van der Waals surface area contributed by atoms with Gasteiger partial charge in [-0.25, -0.2) is 4.98 Å². The number of ketones is 1. The number of carbonyl (C=O) groups is 1. The zero-order valence-electron chi connectivity index (χ0n) is 15.9. The van der Waals surface area contributed by atoms with E-state index in [9.17, 15) is 19.8 Å². The highest BCUT2D eigenvalue weighted by Gasteiger charge is 2.21. The number of rotatable bonds is 6. The lowest BCUT2D eigenvalue weighted by Crippen LogP contribution is -2.29. The van der Waals surface area contributed by atoms with Gasteiger partial charge in [0.25, 0.3) is 5.56 Å². The second kappa shape index (κ2) is 8.67. The molecule has 1 atom stereocenters. The molecule has 2 N–H and O–H groups in total. The van der Waals surface area contributed by atoms with Gasteiger partial charge in [-0.05, 0) is 49.2 Å². The van der Waals surface area contributed by atoms with Gasteiger partial charge in [0.15, 0.2) is 22.4 Å². The lowest BCUT2D eigenvalue weighted by atomic mass is 10.1. The zero-order chi connectivity index (χ0) is 21.3. The minimum Gasteiger partial charge on any atom is -0.504 e. The van der Waals surface area contributed by atoms with Crippen LogP contribution in [0.5, 0.6) is 11.5 Å². The van der Waals surface area contributed by atoms with Gasteiger partial charge in [0.2, 0.25) is 0 Å². The van der Waals surface area contributed by atoms with E-state index in [1.807, 2.05) is 0 Å². The minimum atomic E-state index is -0.361. The second-order valence-corrected chi connectivity index (χ2v) is 8.40. The van der Waals surface area contributed by atoms with Gasteiger partial charge in [-0.2, -0.15) is 0 Å². The Morgan fingerprint density at radius 3 is 2.80 bits per heavy atom. The van der Waals surface area contributed by atoms with Crippen molar-refractivity contribution in [2.75, 3.05) is 12.4 Å². The van der Waals surface area contributed by atoms with Crippen LogP contribution in [0.4, 0.5) is 0 Å². The summed E-state index contributed by atoms with van der Waals surface area (Å²) in [5, 5.41) is 20.4. The number of hydrogen-bond acceptors (Lipinski definition) is 7. The minimum absolute atomic E-state index is 0.00819. The number of phenols is 2. The molecule has 1 fully saturated rings. The van der Waals surface area contributed by atoms with Gasteiger partial charge in [-0.3, -0.25) is 14.2 Å². The summed E-state index contributed by atoms with van der Waals surface area (Å²) in [6, 6.07) is 8.83. The molecule has 30 heavy (non-hydrogen) atoms. The summed E-state index contributed by atoms with van der Waals surface area (Å²) in [6.07, 6.45) is 1.74. The number of carbonyl (C=O) groups excluding carboxylic acids is 1. The Morgan fingerprint density at radius 1 is 1.23 bits per heavy atom. The average Bonchev–Trinajstić information content (AvgIpc) is 3.23. The Hall–Kier alpha value is -2.55. The van der Waals surface area contributed by atoms with Crippen molar-refractivity contribution in [2.24, 2.45) is 0 Å². The van der Waals surface area contributed by atoms with E-state index in [0.29, 0.717) is 34.2 Å². The molecule has 1 unspecified atom stereocenters. The molecule has 3 aromatic rings. The molecule has 7 nitrogen and oxygen atoms in total. The molecule has 0 amide bonds. The van der Waals surface area contributed by atoms with Gasteiger partial charge in [-0.1, -0.05) is 23.4 Å². The first-order chi connectivity index (χ1) is 14.4. The predicted molar refractivity (Wildman–Crippen MR) is 115 cm³/mol. The molecule has 0 aliphatic carbocycles. The molecular weight excluding hydrogens is 428 g/mol. The molecule has 9 heteroatoms. The van der Waals surface area contributed by atoms with Crippen molar-refractivity contribution in [1.82, 2.24) is 9.55 Å². The van der Waals surface area contributed by atoms with E-state index in [2.05, 4.69) is 4.98 Å². The highest BCUT2D eigenvalue weighted by molar-refractivity contribution is 7.99. The Morgan fingerprint density at radius 2 is 2.07 bits per heavy atom. The van der Waals surface area contributed by atoms with Crippen molar-refractivity contribution in [3.8, 4) is 11.5 Å². The van der Waals surface area contributed by atoms with Crippen molar-refractivity contribution in [3.05, 3.63) is 57.3 Å². The van der Waals surface area contributed by atoms with Gasteiger partial charge in [-0.15, -0.1) is 0 Å². The van der Waals surface area contributed by atoms with E-state index in [0.717, 1.165) is 24.6 Å². The number of aromatic nitrogens is 2. The number of thioether (sulfide) groups is 1. The summed E-state index contributed by atoms with van der Waals surface area (Å²) in [4.78, 5) is 30.3. The normalized spacial score (nSPS) is 16.2. The maximum atomic E-state index is 13.1. The first-order valence-electron chi connectivity index (χ1n) is 9.42. The number of benzene rings is 2. The number of nitrogens with zero attached hydrogens (tertiary/aromatic N) is 2. The first kappa shape index (κ1) is 20.7. The number of phenolic OH excluding ortho intramolecular Hbond substituents is 2. The lowest BCUT2D eigenvalue weighted by molar-refractivity contribution is 0.0937. The van der Waals surface area contributed by atoms with Crippen LogP contribution in [0.15, 0.2) is 46.3 Å². The number of Topliss-reactive ketones (excluding diaryl/α,β-unsaturated/α-hetero) is 1. The van der Waals surface area contributed by atoms with Crippen molar-refractivity contribution in [2.45, 2.75) is 30.6 Å². The van der Waals surface area contributed by atoms with Crippen molar-refractivity contribution in [3.63, 3.8) is 0 Å². The van der Waals surface area contributed by atoms with Crippen LogP contribution in [0, 0.1) is 0 Å². The van der Waals surface area contributed by atoms with Crippen LogP contribution < -0.4 is 5.56 Å². The summed E-state index contributed by atoms with van der Waals surface area (Å²) in [5.74, 6) is -0.912. The predicted octanol–water partition coefficient (Wildman–Crippen LogP) is 3.62. The van der Waals surface area contributed by atoms with Crippen molar-refractivity contribution in [1.29, 1.82) is 0 Å². The molecule has 2 heterocycles.